The fourth-order valence-corrected chi connectivity index (χ4v) is 10.5. The third-order valence-corrected chi connectivity index (χ3v) is 15.2. The molecule has 0 spiro atoms. The minimum Gasteiger partial charge on any atom is -0.321 e. The molecule has 7 aromatic carbocycles. The van der Waals surface area contributed by atoms with Crippen LogP contribution < -0.4 is 15.0 Å². The molecule has 0 saturated heterocycles. The first-order chi connectivity index (χ1) is 35.7. The topological polar surface area (TPSA) is 24.3 Å². The van der Waals surface area contributed by atoms with Crippen LogP contribution in [0.15, 0.2) is 164 Å². The predicted molar refractivity (Wildman–Crippen MR) is 277 cm³/mol. The van der Waals surface area contributed by atoms with Gasteiger partial charge in [0.1, 0.15) is 12.5 Å². The number of pyridine rings is 1. The maximum atomic E-state index is 18.0. The Kier molecular flexibility index (Phi) is 7.92. The highest BCUT2D eigenvalue weighted by atomic mass is 28.3. The minimum absolute atomic E-state index is 0.0779. The monoisotopic (exact) mass is 896 g/mol. The standard InChI is InChI=1S/C59H56F2N4Si/c1-38-39(2)55(41-20-12-10-13-21-41)57(56(40(38)3)42-22-14-11-15-23-42)64-37-63(51-26-18-19-27-52(51)64)46-32-45(33-47(36-46)66(7,8)9)59(60,61)44-28-29-49-48-24-16-17-25-50(48)65(53(49)34-44)54-35-43(30-31-62-54)58(4,5)6/h10-36H,37H2,1-9H3/i10D,11D,12D,13D,14D,15D,20D,21D,22D,23D. The van der Waals surface area contributed by atoms with Gasteiger partial charge in [0.25, 0.3) is 5.92 Å². The first kappa shape index (κ1) is 32.8. The van der Waals surface area contributed by atoms with Gasteiger partial charge in [-0.2, -0.15) is 8.78 Å². The number of aromatic nitrogens is 2. The predicted octanol–water partition coefficient (Wildman–Crippen LogP) is 15.7. The third kappa shape index (κ3) is 7.21. The van der Waals surface area contributed by atoms with E-state index in [1.54, 1.807) is 51.2 Å². The Hall–Kier alpha value is -6.83. The summed E-state index contributed by atoms with van der Waals surface area (Å²) in [6, 6.07) is 23.6. The molecule has 7 heteroatoms. The van der Waals surface area contributed by atoms with Crippen LogP contribution in [0.5, 0.6) is 0 Å². The van der Waals surface area contributed by atoms with E-state index in [0.29, 0.717) is 45.1 Å². The van der Waals surface area contributed by atoms with Gasteiger partial charge in [-0.1, -0.05) is 155 Å². The lowest BCUT2D eigenvalue weighted by molar-refractivity contribution is 0.0431. The van der Waals surface area contributed by atoms with E-state index in [4.69, 9.17) is 13.2 Å². The molecule has 4 nitrogen and oxygen atoms in total. The highest BCUT2D eigenvalue weighted by Crippen LogP contribution is 2.53. The Morgan fingerprint density at radius 2 is 1.18 bits per heavy atom. The van der Waals surface area contributed by atoms with Gasteiger partial charge >= 0.3 is 0 Å². The molecule has 0 saturated carbocycles. The van der Waals surface area contributed by atoms with Gasteiger partial charge in [-0.25, -0.2) is 4.98 Å². The van der Waals surface area contributed by atoms with Crippen molar-refractivity contribution in [3.8, 4) is 28.1 Å². The highest BCUT2D eigenvalue weighted by molar-refractivity contribution is 6.88. The first-order valence-corrected chi connectivity index (χ1v) is 25.6. The highest BCUT2D eigenvalue weighted by Gasteiger charge is 2.39. The van der Waals surface area contributed by atoms with Crippen LogP contribution in [0.1, 0.15) is 67.9 Å². The van der Waals surface area contributed by atoms with Crippen molar-refractivity contribution in [1.82, 2.24) is 9.55 Å². The zero-order valence-corrected chi connectivity index (χ0v) is 39.6. The van der Waals surface area contributed by atoms with Gasteiger partial charge in [-0.05, 0) is 108 Å². The second-order valence-electron chi connectivity index (χ2n) is 19.3. The molecule has 330 valence electrons. The molecule has 1 aliphatic rings. The number of benzene rings is 7. The fraction of sp³-hybridized carbons (Fsp3) is 0.203. The van der Waals surface area contributed by atoms with Crippen LogP contribution in [-0.4, -0.2) is 24.3 Å². The molecule has 0 atom stereocenters. The van der Waals surface area contributed by atoms with Crippen LogP contribution in [0, 0.1) is 20.8 Å². The summed E-state index contributed by atoms with van der Waals surface area (Å²) in [6.07, 6.45) is 1.75. The van der Waals surface area contributed by atoms with Crippen molar-refractivity contribution in [2.24, 2.45) is 0 Å². The SMILES string of the molecule is [2H]c1c([2H])c([2H])c(-c2c(C)c(C)c(C)c(-c3c([2H])c([2H])c([2H])c([2H])c3[2H])c2N2CN(c3cc(C(F)(F)c4ccc5c6ccccc6n(-c6cc(C(C)(C)C)ccn6)c5c4)cc([Si](C)(C)C)c3)c3ccccc32)c([2H])c1[2H]. The molecule has 0 amide bonds. The lowest BCUT2D eigenvalue weighted by Gasteiger charge is -2.31. The fourth-order valence-electron chi connectivity index (χ4n) is 9.36. The van der Waals surface area contributed by atoms with Crippen molar-refractivity contribution in [2.75, 3.05) is 16.5 Å². The molecule has 1 aliphatic heterocycles. The Labute approximate surface area is 402 Å². The average molecular weight is 897 g/mol. The van der Waals surface area contributed by atoms with Gasteiger partial charge in [-0.3, -0.25) is 4.57 Å². The summed E-state index contributed by atoms with van der Waals surface area (Å²) in [5, 5.41) is 2.46. The summed E-state index contributed by atoms with van der Waals surface area (Å²) >= 11 is 0. The maximum absolute atomic E-state index is 18.0. The Morgan fingerprint density at radius 1 is 0.591 bits per heavy atom. The Balaban J connectivity index is 1.21. The summed E-state index contributed by atoms with van der Waals surface area (Å²) < 4.78 is 127. The Morgan fingerprint density at radius 3 is 1.80 bits per heavy atom. The number of anilines is 4. The van der Waals surface area contributed by atoms with E-state index in [9.17, 15) is 5.48 Å². The van der Waals surface area contributed by atoms with Gasteiger partial charge in [-0.15, -0.1) is 0 Å². The van der Waals surface area contributed by atoms with Crippen molar-refractivity contribution in [3.05, 3.63) is 197 Å². The summed E-state index contributed by atoms with van der Waals surface area (Å²) in [4.78, 5) is 8.51. The molecule has 2 aromatic heterocycles. The van der Waals surface area contributed by atoms with E-state index in [0.717, 1.165) is 27.0 Å². The van der Waals surface area contributed by atoms with Crippen LogP contribution in [-0.2, 0) is 11.3 Å². The van der Waals surface area contributed by atoms with Crippen LogP contribution in [0.4, 0.5) is 31.5 Å². The molecule has 3 heterocycles. The smallest absolute Gasteiger partial charge is 0.298 e. The molecule has 66 heavy (non-hydrogen) atoms. The molecule has 9 aromatic rings. The quantitative estimate of drug-likeness (QED) is 0.142. The van der Waals surface area contributed by atoms with Crippen LogP contribution in [0.25, 0.3) is 49.9 Å². The zero-order chi connectivity index (χ0) is 55.0. The van der Waals surface area contributed by atoms with E-state index < -0.39 is 74.4 Å². The zero-order valence-electron chi connectivity index (χ0n) is 48.6. The maximum Gasteiger partial charge on any atom is 0.298 e. The van der Waals surface area contributed by atoms with Gasteiger partial charge < -0.3 is 9.80 Å². The molecule has 0 bridgehead atoms. The summed E-state index contributed by atoms with van der Waals surface area (Å²) in [7, 11) is -2.39. The number of rotatable bonds is 8. The number of alkyl halides is 2. The summed E-state index contributed by atoms with van der Waals surface area (Å²) in [5.41, 5.74) is 5.45. The van der Waals surface area contributed by atoms with Gasteiger partial charge in [0, 0.05) is 44.9 Å². The number of fused-ring (bicyclic) bond motifs is 4. The number of hydrogen-bond donors (Lipinski definition) is 0. The molecule has 0 radical (unpaired) electrons. The Bertz CT molecular complexity index is 3780. The minimum atomic E-state index is -3.53. The number of nitrogens with zero attached hydrogens (tertiary/aromatic N) is 4. The van der Waals surface area contributed by atoms with Crippen molar-refractivity contribution < 1.29 is 22.5 Å². The van der Waals surface area contributed by atoms with Gasteiger partial charge in [0.2, 0.25) is 0 Å². The molecule has 0 unspecified atom stereocenters. The average Bonchev–Trinajstić information content (AvgIpc) is 3.98. The van der Waals surface area contributed by atoms with E-state index in [-0.39, 0.29) is 51.2 Å². The second kappa shape index (κ2) is 16.0. The summed E-state index contributed by atoms with van der Waals surface area (Å²) in [5.74, 6) is -2.92. The molecule has 0 N–H and O–H groups in total. The number of para-hydroxylation sites is 3. The van der Waals surface area contributed by atoms with Crippen molar-refractivity contribution in [3.63, 3.8) is 0 Å². The number of hydrogen-bond acceptors (Lipinski definition) is 3. The van der Waals surface area contributed by atoms with Gasteiger partial charge in [0.15, 0.2) is 0 Å². The van der Waals surface area contributed by atoms with E-state index in [1.165, 1.54) is 12.1 Å². The lowest BCUT2D eigenvalue weighted by Crippen LogP contribution is -2.39. The van der Waals surface area contributed by atoms with E-state index in [1.807, 2.05) is 75.0 Å². The van der Waals surface area contributed by atoms with E-state index >= 15 is 8.78 Å². The third-order valence-electron chi connectivity index (χ3n) is 13.2. The van der Waals surface area contributed by atoms with Crippen molar-refractivity contribution in [1.29, 1.82) is 0 Å². The van der Waals surface area contributed by atoms with Crippen LogP contribution in [0.2, 0.25) is 19.6 Å². The van der Waals surface area contributed by atoms with E-state index in [2.05, 4.69) is 40.4 Å². The number of halogens is 2. The molecular formula is C59H56F2N4Si. The molecular weight excluding hydrogens is 831 g/mol. The van der Waals surface area contributed by atoms with Crippen LogP contribution >= 0.6 is 0 Å². The molecule has 10 rings (SSSR count). The molecule has 0 aliphatic carbocycles. The van der Waals surface area contributed by atoms with Gasteiger partial charge in [0.05, 0.1) is 49.9 Å². The summed E-state index contributed by atoms with van der Waals surface area (Å²) in [6.45, 7) is 17.9. The van der Waals surface area contributed by atoms with Crippen LogP contribution in [0.3, 0.4) is 0 Å². The van der Waals surface area contributed by atoms with Crippen molar-refractivity contribution in [2.45, 2.75) is 72.5 Å². The largest absolute Gasteiger partial charge is 0.321 e. The second-order valence-corrected chi connectivity index (χ2v) is 24.4. The molecule has 0 fully saturated rings. The lowest BCUT2D eigenvalue weighted by atomic mass is 9.85. The van der Waals surface area contributed by atoms with Crippen molar-refractivity contribution >= 4 is 57.8 Å². The normalized spacial score (nSPS) is 15.4. The first-order valence-electron chi connectivity index (χ1n) is 27.1.